The van der Waals surface area contributed by atoms with E-state index in [1.807, 2.05) is 43.1 Å². The zero-order valence-corrected chi connectivity index (χ0v) is 14.4. The lowest BCUT2D eigenvalue weighted by atomic mass is 10.2. The van der Waals surface area contributed by atoms with E-state index in [9.17, 15) is 13.2 Å². The van der Waals surface area contributed by atoms with E-state index in [2.05, 4.69) is 5.32 Å². The topological polar surface area (TPSA) is 75.7 Å². The normalized spacial score (nSPS) is 19.7. The van der Waals surface area contributed by atoms with E-state index in [1.165, 1.54) is 5.56 Å². The van der Waals surface area contributed by atoms with Crippen molar-refractivity contribution in [2.45, 2.75) is 19.4 Å². The first-order valence-electron chi connectivity index (χ1n) is 7.72. The molecular formula is C16H24N2O4S. The number of amides is 1. The first-order chi connectivity index (χ1) is 10.8. The van der Waals surface area contributed by atoms with E-state index in [1.54, 1.807) is 0 Å². The fourth-order valence-electron chi connectivity index (χ4n) is 2.46. The van der Waals surface area contributed by atoms with Crippen molar-refractivity contribution in [2.75, 3.05) is 38.2 Å². The number of nitrogens with one attached hydrogen (secondary N) is 1. The van der Waals surface area contributed by atoms with Crippen LogP contribution in [0, 0.1) is 6.92 Å². The summed E-state index contributed by atoms with van der Waals surface area (Å²) < 4.78 is 28.3. The minimum atomic E-state index is -2.97. The molecule has 1 fully saturated rings. The molecule has 2 rings (SSSR count). The Balaban J connectivity index is 1.65. The highest BCUT2D eigenvalue weighted by atomic mass is 32.2. The van der Waals surface area contributed by atoms with Crippen molar-refractivity contribution in [1.29, 1.82) is 0 Å². The fourth-order valence-corrected chi connectivity index (χ4v) is 4.13. The van der Waals surface area contributed by atoms with Gasteiger partial charge < -0.3 is 10.1 Å². The molecule has 0 aromatic heterocycles. The standard InChI is InChI=1S/C16H24N2O4S/c1-13-3-5-15(6-4-13)22-9-8-18(2)11-16(19)17-14-7-10-23(20,21)12-14/h3-6,14H,7-12H2,1-2H3,(H,17,19)/t14-/m0/s1. The largest absolute Gasteiger partial charge is 0.492 e. The van der Waals surface area contributed by atoms with Gasteiger partial charge in [-0.05, 0) is 32.5 Å². The van der Waals surface area contributed by atoms with E-state index in [0.717, 1.165) is 5.75 Å². The molecule has 23 heavy (non-hydrogen) atoms. The lowest BCUT2D eigenvalue weighted by molar-refractivity contribution is -0.122. The average Bonchev–Trinajstić information content (AvgIpc) is 2.79. The molecule has 1 atom stereocenters. The van der Waals surface area contributed by atoms with E-state index in [-0.39, 0.29) is 30.0 Å². The van der Waals surface area contributed by atoms with Gasteiger partial charge in [-0.2, -0.15) is 0 Å². The predicted octanol–water partition coefficient (Wildman–Crippen LogP) is 0.609. The molecule has 0 spiro atoms. The molecule has 0 aliphatic carbocycles. The zero-order chi connectivity index (χ0) is 16.9. The molecule has 1 amide bonds. The average molecular weight is 340 g/mol. The van der Waals surface area contributed by atoms with Gasteiger partial charge >= 0.3 is 0 Å². The number of likely N-dealkylation sites (N-methyl/N-ethyl adjacent to an activating group) is 1. The van der Waals surface area contributed by atoms with Gasteiger partial charge in [-0.1, -0.05) is 17.7 Å². The van der Waals surface area contributed by atoms with Crippen LogP contribution in [0.3, 0.4) is 0 Å². The first-order valence-corrected chi connectivity index (χ1v) is 9.54. The third-order valence-corrected chi connectivity index (χ3v) is 5.54. The number of nitrogens with zero attached hydrogens (tertiary/aromatic N) is 1. The first kappa shape index (κ1) is 17.7. The Kier molecular flexibility index (Phi) is 6.01. The van der Waals surface area contributed by atoms with Crippen LogP contribution in [0.5, 0.6) is 5.75 Å². The maximum atomic E-state index is 11.9. The Morgan fingerprint density at radius 1 is 1.35 bits per heavy atom. The van der Waals surface area contributed by atoms with Crippen LogP contribution < -0.4 is 10.1 Å². The highest BCUT2D eigenvalue weighted by molar-refractivity contribution is 7.91. The molecule has 7 heteroatoms. The highest BCUT2D eigenvalue weighted by Gasteiger charge is 2.28. The van der Waals surface area contributed by atoms with Crippen LogP contribution in [0.25, 0.3) is 0 Å². The molecule has 1 heterocycles. The molecule has 0 unspecified atom stereocenters. The number of hydrogen-bond acceptors (Lipinski definition) is 5. The zero-order valence-electron chi connectivity index (χ0n) is 13.6. The van der Waals surface area contributed by atoms with Crippen LogP contribution in [0.4, 0.5) is 0 Å². The second kappa shape index (κ2) is 7.79. The number of benzene rings is 1. The molecule has 1 aliphatic rings. The number of rotatable bonds is 7. The van der Waals surface area contributed by atoms with E-state index in [0.29, 0.717) is 19.6 Å². The number of ether oxygens (including phenoxy) is 1. The van der Waals surface area contributed by atoms with Crippen molar-refractivity contribution in [3.63, 3.8) is 0 Å². The monoisotopic (exact) mass is 340 g/mol. The number of aryl methyl sites for hydroxylation is 1. The number of carbonyl (C=O) groups excluding carboxylic acids is 1. The van der Waals surface area contributed by atoms with Crippen molar-refractivity contribution in [3.05, 3.63) is 29.8 Å². The van der Waals surface area contributed by atoms with Gasteiger partial charge in [-0.15, -0.1) is 0 Å². The molecule has 1 aromatic carbocycles. The summed E-state index contributed by atoms with van der Waals surface area (Å²) in [5.41, 5.74) is 1.18. The van der Waals surface area contributed by atoms with Crippen LogP contribution in [-0.2, 0) is 14.6 Å². The Morgan fingerprint density at radius 3 is 2.65 bits per heavy atom. The maximum absolute atomic E-state index is 11.9. The molecule has 6 nitrogen and oxygen atoms in total. The summed E-state index contributed by atoms with van der Waals surface area (Å²) in [7, 11) is -1.13. The van der Waals surface area contributed by atoms with Gasteiger partial charge in [0.15, 0.2) is 9.84 Å². The molecule has 0 saturated carbocycles. The summed E-state index contributed by atoms with van der Waals surface area (Å²) in [5, 5.41) is 2.78. The summed E-state index contributed by atoms with van der Waals surface area (Å²) >= 11 is 0. The minimum absolute atomic E-state index is 0.0546. The van der Waals surface area contributed by atoms with Gasteiger partial charge in [-0.25, -0.2) is 8.42 Å². The molecule has 1 N–H and O–H groups in total. The number of sulfone groups is 1. The second-order valence-electron chi connectivity index (χ2n) is 6.07. The van der Waals surface area contributed by atoms with Gasteiger partial charge in [0.2, 0.25) is 5.91 Å². The molecule has 0 bridgehead atoms. The van der Waals surface area contributed by atoms with E-state index < -0.39 is 9.84 Å². The van der Waals surface area contributed by atoms with Gasteiger partial charge in [0, 0.05) is 12.6 Å². The van der Waals surface area contributed by atoms with Gasteiger partial charge in [0.05, 0.1) is 18.1 Å². The van der Waals surface area contributed by atoms with Gasteiger partial charge in [-0.3, -0.25) is 9.69 Å². The van der Waals surface area contributed by atoms with Crippen LogP contribution in [0.1, 0.15) is 12.0 Å². The quantitative estimate of drug-likeness (QED) is 0.787. The van der Waals surface area contributed by atoms with Crippen LogP contribution >= 0.6 is 0 Å². The van der Waals surface area contributed by atoms with Crippen molar-refractivity contribution >= 4 is 15.7 Å². The summed E-state index contributed by atoms with van der Waals surface area (Å²) in [4.78, 5) is 13.8. The van der Waals surface area contributed by atoms with E-state index in [4.69, 9.17) is 4.74 Å². The van der Waals surface area contributed by atoms with Crippen molar-refractivity contribution in [3.8, 4) is 5.75 Å². The fraction of sp³-hybridized carbons (Fsp3) is 0.562. The molecule has 1 aromatic rings. The number of hydrogen-bond donors (Lipinski definition) is 1. The Labute approximate surface area is 137 Å². The summed E-state index contributed by atoms with van der Waals surface area (Å²) in [6.45, 7) is 3.36. The number of carbonyl (C=O) groups is 1. The third-order valence-electron chi connectivity index (χ3n) is 3.77. The Morgan fingerprint density at radius 2 is 2.04 bits per heavy atom. The molecule has 1 aliphatic heterocycles. The molecule has 0 radical (unpaired) electrons. The highest BCUT2D eigenvalue weighted by Crippen LogP contribution is 2.12. The maximum Gasteiger partial charge on any atom is 0.234 e. The lowest BCUT2D eigenvalue weighted by Gasteiger charge is -2.18. The SMILES string of the molecule is Cc1ccc(OCCN(C)CC(=O)N[C@H]2CCS(=O)(=O)C2)cc1. The van der Waals surface area contributed by atoms with Crippen LogP contribution in [0.2, 0.25) is 0 Å². The smallest absolute Gasteiger partial charge is 0.234 e. The van der Waals surface area contributed by atoms with Crippen LogP contribution in [-0.4, -0.2) is 63.5 Å². The molecule has 1 saturated heterocycles. The van der Waals surface area contributed by atoms with Gasteiger partial charge in [0.25, 0.3) is 0 Å². The van der Waals surface area contributed by atoms with Gasteiger partial charge in [0.1, 0.15) is 12.4 Å². The summed E-state index contributed by atoms with van der Waals surface area (Å²) in [6.07, 6.45) is 0.508. The van der Waals surface area contributed by atoms with Crippen molar-refractivity contribution < 1.29 is 17.9 Å². The minimum Gasteiger partial charge on any atom is -0.492 e. The molecule has 128 valence electrons. The third kappa shape index (κ3) is 6.19. The summed E-state index contributed by atoms with van der Waals surface area (Å²) in [5.74, 6) is 0.881. The van der Waals surface area contributed by atoms with Crippen molar-refractivity contribution in [1.82, 2.24) is 10.2 Å². The summed E-state index contributed by atoms with van der Waals surface area (Å²) in [6, 6.07) is 7.57. The van der Waals surface area contributed by atoms with Crippen molar-refractivity contribution in [2.24, 2.45) is 0 Å². The lowest BCUT2D eigenvalue weighted by Crippen LogP contribution is -2.42. The second-order valence-corrected chi connectivity index (χ2v) is 8.30. The van der Waals surface area contributed by atoms with E-state index >= 15 is 0 Å². The van der Waals surface area contributed by atoms with Crippen LogP contribution in [0.15, 0.2) is 24.3 Å². The Hall–Kier alpha value is -1.60. The Bertz CT molecular complexity index is 628. The molecular weight excluding hydrogens is 316 g/mol. The predicted molar refractivity (Wildman–Crippen MR) is 89.4 cm³/mol.